The molecule has 0 saturated heterocycles. The monoisotopic (exact) mass is 236 g/mol. The fraction of sp³-hybridized carbons (Fsp3) is 0.333. The second-order valence-electron chi connectivity index (χ2n) is 3.38. The van der Waals surface area contributed by atoms with E-state index < -0.39 is 0 Å². The first-order chi connectivity index (χ1) is 7.63. The lowest BCUT2D eigenvalue weighted by Crippen LogP contribution is -2.12. The van der Waals surface area contributed by atoms with Crippen LogP contribution in [0.5, 0.6) is 0 Å². The van der Waals surface area contributed by atoms with Crippen molar-refractivity contribution < 1.29 is 4.79 Å². The third kappa shape index (κ3) is 4.06. The lowest BCUT2D eigenvalue weighted by molar-refractivity contribution is -0.118. The molecule has 1 N–H and O–H groups in total. The zero-order chi connectivity index (χ0) is 12.0. The van der Waals surface area contributed by atoms with E-state index >= 15 is 0 Å². The van der Waals surface area contributed by atoms with Gasteiger partial charge in [-0.2, -0.15) is 5.10 Å². The summed E-state index contributed by atoms with van der Waals surface area (Å²) >= 11 is 1.81. The molecule has 0 bridgehead atoms. The number of nitrogens with one attached hydrogen (secondary N) is 1. The third-order valence-electron chi connectivity index (χ3n) is 1.95. The van der Waals surface area contributed by atoms with Crippen LogP contribution < -0.4 is 5.43 Å². The second-order valence-corrected chi connectivity index (χ2v) is 4.69. The topological polar surface area (TPSA) is 41.5 Å². The molecule has 0 heterocycles. The maximum Gasteiger partial charge on any atom is 0.236 e. The molecule has 0 radical (unpaired) electrons. The first-order valence-corrected chi connectivity index (χ1v) is 6.15. The van der Waals surface area contributed by atoms with Crippen molar-refractivity contribution in [2.75, 3.05) is 5.75 Å². The van der Waals surface area contributed by atoms with Crippen LogP contribution in [0, 0.1) is 6.92 Å². The van der Waals surface area contributed by atoms with Crippen LogP contribution >= 0.6 is 11.8 Å². The van der Waals surface area contributed by atoms with Crippen molar-refractivity contribution in [2.24, 2.45) is 5.10 Å². The molecule has 0 aliphatic carbocycles. The molecule has 0 atom stereocenters. The summed E-state index contributed by atoms with van der Waals surface area (Å²) in [4.78, 5) is 11.9. The number of carbonyl (C=O) groups is 1. The Kier molecular flexibility index (Phi) is 5.05. The number of carbonyl (C=O) groups excluding carboxylic acids is 1. The molecule has 1 amide bonds. The molecule has 0 fully saturated rings. The Balaban J connectivity index is 2.77. The van der Waals surface area contributed by atoms with E-state index in [0.29, 0.717) is 0 Å². The summed E-state index contributed by atoms with van der Waals surface area (Å²) in [7, 11) is 0. The zero-order valence-corrected chi connectivity index (χ0v) is 10.6. The van der Waals surface area contributed by atoms with Gasteiger partial charge >= 0.3 is 0 Å². The highest BCUT2D eigenvalue weighted by molar-refractivity contribution is 7.99. The normalized spacial score (nSPS) is 10.7. The SMILES string of the molecule is CCSc1cc(/C=N/NC(C)=O)ccc1C. The van der Waals surface area contributed by atoms with E-state index in [1.54, 1.807) is 18.0 Å². The number of hydrogen-bond acceptors (Lipinski definition) is 3. The smallest absolute Gasteiger partial charge is 0.236 e. The van der Waals surface area contributed by atoms with Crippen LogP contribution in [0.1, 0.15) is 25.0 Å². The largest absolute Gasteiger partial charge is 0.274 e. The van der Waals surface area contributed by atoms with Crippen molar-refractivity contribution in [1.82, 2.24) is 5.43 Å². The van der Waals surface area contributed by atoms with E-state index in [0.717, 1.165) is 11.3 Å². The Labute approximate surface area is 100 Å². The maximum absolute atomic E-state index is 10.6. The molecular formula is C12H16N2OS. The number of nitrogens with zero attached hydrogens (tertiary/aromatic N) is 1. The Morgan fingerprint density at radius 2 is 2.31 bits per heavy atom. The highest BCUT2D eigenvalue weighted by Gasteiger charge is 1.98. The lowest BCUT2D eigenvalue weighted by Gasteiger charge is -2.04. The van der Waals surface area contributed by atoms with Crippen LogP contribution in [0.4, 0.5) is 0 Å². The van der Waals surface area contributed by atoms with Gasteiger partial charge in [0, 0.05) is 11.8 Å². The summed E-state index contributed by atoms with van der Waals surface area (Å²) in [6.07, 6.45) is 1.65. The van der Waals surface area contributed by atoms with Crippen molar-refractivity contribution in [3.63, 3.8) is 0 Å². The predicted octanol–water partition coefficient (Wildman–Crippen LogP) is 2.58. The quantitative estimate of drug-likeness (QED) is 0.496. The third-order valence-corrected chi connectivity index (χ3v) is 2.99. The Morgan fingerprint density at radius 1 is 1.56 bits per heavy atom. The molecule has 0 unspecified atom stereocenters. The summed E-state index contributed by atoms with van der Waals surface area (Å²) in [5.41, 5.74) is 4.65. The minimum absolute atomic E-state index is 0.161. The fourth-order valence-corrected chi connectivity index (χ4v) is 2.03. The molecule has 1 aromatic carbocycles. The van der Waals surface area contributed by atoms with Gasteiger partial charge in [0.15, 0.2) is 0 Å². The van der Waals surface area contributed by atoms with Crippen molar-refractivity contribution in [3.05, 3.63) is 29.3 Å². The summed E-state index contributed by atoms with van der Waals surface area (Å²) in [5.74, 6) is 0.888. The molecule has 1 aromatic rings. The lowest BCUT2D eigenvalue weighted by atomic mass is 10.2. The second kappa shape index (κ2) is 6.33. The van der Waals surface area contributed by atoms with Gasteiger partial charge in [0.2, 0.25) is 5.91 Å². The molecule has 0 spiro atoms. The summed E-state index contributed by atoms with van der Waals surface area (Å²) in [6.45, 7) is 5.65. The van der Waals surface area contributed by atoms with E-state index in [4.69, 9.17) is 0 Å². The molecule has 0 aliphatic heterocycles. The standard InChI is InChI=1S/C12H16N2OS/c1-4-16-12-7-11(6-5-9(12)2)8-13-14-10(3)15/h5-8H,4H2,1-3H3,(H,14,15)/b13-8+. The number of thioether (sulfide) groups is 1. The first-order valence-electron chi connectivity index (χ1n) is 5.16. The molecular weight excluding hydrogens is 220 g/mol. The maximum atomic E-state index is 10.6. The first kappa shape index (κ1) is 12.8. The number of rotatable bonds is 4. The zero-order valence-electron chi connectivity index (χ0n) is 9.78. The Morgan fingerprint density at radius 3 is 2.94 bits per heavy atom. The number of hydrogen-bond donors (Lipinski definition) is 1. The van der Waals surface area contributed by atoms with Gasteiger partial charge in [0.25, 0.3) is 0 Å². The summed E-state index contributed by atoms with van der Waals surface area (Å²) in [5, 5.41) is 3.84. The average Bonchev–Trinajstić information content (AvgIpc) is 2.22. The molecule has 0 aliphatic rings. The minimum atomic E-state index is -0.161. The van der Waals surface area contributed by atoms with Gasteiger partial charge < -0.3 is 0 Å². The van der Waals surface area contributed by atoms with E-state index in [-0.39, 0.29) is 5.91 Å². The van der Waals surface area contributed by atoms with Gasteiger partial charge in [-0.05, 0) is 29.9 Å². The van der Waals surface area contributed by atoms with Gasteiger partial charge in [-0.1, -0.05) is 19.1 Å². The van der Waals surface area contributed by atoms with Gasteiger partial charge in [0.05, 0.1) is 6.21 Å². The van der Waals surface area contributed by atoms with Gasteiger partial charge in [-0.3, -0.25) is 4.79 Å². The van der Waals surface area contributed by atoms with E-state index in [1.807, 2.05) is 6.07 Å². The van der Waals surface area contributed by atoms with Crippen molar-refractivity contribution >= 4 is 23.9 Å². The molecule has 0 saturated carbocycles. The van der Waals surface area contributed by atoms with E-state index in [9.17, 15) is 4.79 Å². The van der Waals surface area contributed by atoms with Crippen LogP contribution in [-0.4, -0.2) is 17.9 Å². The Hall–Kier alpha value is -1.29. The Bertz CT molecular complexity index is 402. The van der Waals surface area contributed by atoms with Gasteiger partial charge in [0.1, 0.15) is 0 Å². The van der Waals surface area contributed by atoms with Crippen LogP contribution in [0.15, 0.2) is 28.2 Å². The molecule has 1 rings (SSSR count). The van der Waals surface area contributed by atoms with Crippen molar-refractivity contribution in [3.8, 4) is 0 Å². The van der Waals surface area contributed by atoms with E-state index in [2.05, 4.69) is 36.5 Å². The molecule has 0 aromatic heterocycles. The van der Waals surface area contributed by atoms with Crippen molar-refractivity contribution in [1.29, 1.82) is 0 Å². The molecule has 86 valence electrons. The van der Waals surface area contributed by atoms with Crippen LogP contribution in [0.3, 0.4) is 0 Å². The van der Waals surface area contributed by atoms with Crippen LogP contribution in [0.25, 0.3) is 0 Å². The van der Waals surface area contributed by atoms with E-state index in [1.165, 1.54) is 17.4 Å². The summed E-state index contributed by atoms with van der Waals surface area (Å²) < 4.78 is 0. The number of aryl methyl sites for hydroxylation is 1. The summed E-state index contributed by atoms with van der Waals surface area (Å²) in [6, 6.07) is 6.13. The van der Waals surface area contributed by atoms with Crippen molar-refractivity contribution in [2.45, 2.75) is 25.7 Å². The minimum Gasteiger partial charge on any atom is -0.274 e. The molecule has 4 heteroatoms. The van der Waals surface area contributed by atoms with Crippen LogP contribution in [-0.2, 0) is 4.79 Å². The number of hydrazone groups is 1. The van der Waals surface area contributed by atoms with Crippen LogP contribution in [0.2, 0.25) is 0 Å². The highest BCUT2D eigenvalue weighted by Crippen LogP contribution is 2.22. The molecule has 3 nitrogen and oxygen atoms in total. The average molecular weight is 236 g/mol. The number of amides is 1. The fourth-order valence-electron chi connectivity index (χ4n) is 1.21. The highest BCUT2D eigenvalue weighted by atomic mass is 32.2. The van der Waals surface area contributed by atoms with Gasteiger partial charge in [-0.15, -0.1) is 11.8 Å². The van der Waals surface area contributed by atoms with Gasteiger partial charge in [-0.25, -0.2) is 5.43 Å². The molecule has 16 heavy (non-hydrogen) atoms. The predicted molar refractivity (Wildman–Crippen MR) is 69.0 cm³/mol. The number of benzene rings is 1.